The summed E-state index contributed by atoms with van der Waals surface area (Å²) in [6.45, 7) is 3.42. The number of rotatable bonds is 7. The van der Waals surface area contributed by atoms with E-state index in [4.69, 9.17) is 0 Å². The lowest BCUT2D eigenvalue weighted by molar-refractivity contribution is -0.117. The van der Waals surface area contributed by atoms with Gasteiger partial charge in [-0.25, -0.2) is 4.39 Å². The van der Waals surface area contributed by atoms with E-state index in [0.29, 0.717) is 28.8 Å². The Morgan fingerprint density at radius 2 is 1.76 bits per heavy atom. The molecule has 4 aromatic rings. The predicted molar refractivity (Wildman–Crippen MR) is 144 cm³/mol. The van der Waals surface area contributed by atoms with Crippen LogP contribution in [0.5, 0.6) is 0 Å². The molecule has 2 aliphatic rings. The van der Waals surface area contributed by atoms with Gasteiger partial charge in [-0.2, -0.15) is 9.97 Å². The zero-order valence-corrected chi connectivity index (χ0v) is 20.6. The summed E-state index contributed by atoms with van der Waals surface area (Å²) in [5, 5.41) is 10.3. The number of H-pyrrole nitrogens is 1. The molecule has 1 aliphatic carbocycles. The third-order valence-corrected chi connectivity index (χ3v) is 6.80. The minimum atomic E-state index is -0.279. The van der Waals surface area contributed by atoms with Crippen LogP contribution in [0.2, 0.25) is 0 Å². The number of carbonyl (C=O) groups is 1. The molecule has 0 spiro atoms. The van der Waals surface area contributed by atoms with Crippen LogP contribution in [0.3, 0.4) is 0 Å². The molecule has 0 unspecified atom stereocenters. The fourth-order valence-corrected chi connectivity index (χ4v) is 4.51. The Hall–Kier alpha value is -4.18. The number of piperazine rings is 1. The zero-order chi connectivity index (χ0) is 25.4. The standard InChI is InChI=1S/C27H29FN8O/c1-35-11-13-36(14-12-35)23-8-7-20(16-22(23)28)32-27-33-24-21(9-10-29-24)25(34-27)30-18-3-2-4-19(15-18)31-26(37)17-5-6-17/h2-4,7-10,15-17H,5-6,11-14H2,1H3,(H,31,37)(H3,29,30,32,33,34). The average molecular weight is 501 g/mol. The molecule has 9 nitrogen and oxygen atoms in total. The number of anilines is 6. The number of carbonyl (C=O) groups excluding carboxylic acids is 1. The maximum atomic E-state index is 15.0. The summed E-state index contributed by atoms with van der Waals surface area (Å²) in [7, 11) is 2.08. The molecule has 3 heterocycles. The van der Waals surface area contributed by atoms with E-state index in [1.165, 1.54) is 6.07 Å². The number of fused-ring (bicyclic) bond motifs is 1. The maximum absolute atomic E-state index is 15.0. The Morgan fingerprint density at radius 1 is 0.973 bits per heavy atom. The number of aromatic amines is 1. The maximum Gasteiger partial charge on any atom is 0.231 e. The summed E-state index contributed by atoms with van der Waals surface area (Å²) >= 11 is 0. The number of benzene rings is 2. The molecule has 0 radical (unpaired) electrons. The van der Waals surface area contributed by atoms with E-state index in [0.717, 1.165) is 55.8 Å². The first-order chi connectivity index (χ1) is 18.0. The summed E-state index contributed by atoms with van der Waals surface area (Å²) in [5.41, 5.74) is 3.33. The molecule has 1 amide bonds. The van der Waals surface area contributed by atoms with Crippen molar-refractivity contribution in [2.24, 2.45) is 5.92 Å². The fraction of sp³-hybridized carbons (Fsp3) is 0.296. The third-order valence-electron chi connectivity index (χ3n) is 6.80. The zero-order valence-electron chi connectivity index (χ0n) is 20.6. The molecule has 2 aromatic carbocycles. The number of amides is 1. The predicted octanol–water partition coefficient (Wildman–Crippen LogP) is 4.68. The van der Waals surface area contributed by atoms with E-state index in [-0.39, 0.29) is 17.6 Å². The van der Waals surface area contributed by atoms with Crippen molar-refractivity contribution in [3.05, 3.63) is 60.5 Å². The highest BCUT2D eigenvalue weighted by atomic mass is 19.1. The third kappa shape index (κ3) is 5.19. The minimum absolute atomic E-state index is 0.0598. The van der Waals surface area contributed by atoms with Crippen LogP contribution in [0.4, 0.5) is 38.9 Å². The molecule has 2 aromatic heterocycles. The van der Waals surface area contributed by atoms with Crippen molar-refractivity contribution in [2.75, 3.05) is 54.1 Å². The largest absolute Gasteiger partial charge is 0.367 e. The first-order valence-corrected chi connectivity index (χ1v) is 12.5. The fourth-order valence-electron chi connectivity index (χ4n) is 4.51. The number of halogens is 1. The lowest BCUT2D eigenvalue weighted by Gasteiger charge is -2.34. The number of hydrogen-bond acceptors (Lipinski definition) is 7. The van der Waals surface area contributed by atoms with Gasteiger partial charge < -0.3 is 30.7 Å². The normalized spacial score (nSPS) is 16.1. The molecule has 10 heteroatoms. The summed E-state index contributed by atoms with van der Waals surface area (Å²) in [5.74, 6) is 0.840. The van der Waals surface area contributed by atoms with Crippen LogP contribution >= 0.6 is 0 Å². The van der Waals surface area contributed by atoms with Gasteiger partial charge in [0, 0.05) is 55.4 Å². The lowest BCUT2D eigenvalue weighted by atomic mass is 10.2. The highest BCUT2D eigenvalue weighted by Crippen LogP contribution is 2.31. The second kappa shape index (κ2) is 9.70. The molecule has 6 rings (SSSR count). The van der Waals surface area contributed by atoms with Gasteiger partial charge in [0.2, 0.25) is 11.9 Å². The van der Waals surface area contributed by atoms with Gasteiger partial charge in [-0.1, -0.05) is 6.07 Å². The number of nitrogens with one attached hydrogen (secondary N) is 4. The molecule has 1 saturated heterocycles. The van der Waals surface area contributed by atoms with Gasteiger partial charge in [-0.15, -0.1) is 0 Å². The number of aromatic nitrogens is 3. The van der Waals surface area contributed by atoms with Gasteiger partial charge in [-0.3, -0.25) is 4.79 Å². The highest BCUT2D eigenvalue weighted by Gasteiger charge is 2.29. The molecule has 1 saturated carbocycles. The van der Waals surface area contributed by atoms with Crippen molar-refractivity contribution in [3.8, 4) is 0 Å². The minimum Gasteiger partial charge on any atom is -0.367 e. The van der Waals surface area contributed by atoms with E-state index >= 15 is 4.39 Å². The van der Waals surface area contributed by atoms with Crippen molar-refractivity contribution in [2.45, 2.75) is 12.8 Å². The lowest BCUT2D eigenvalue weighted by Crippen LogP contribution is -2.44. The van der Waals surface area contributed by atoms with E-state index in [1.54, 1.807) is 12.3 Å². The van der Waals surface area contributed by atoms with Crippen molar-refractivity contribution < 1.29 is 9.18 Å². The Morgan fingerprint density at radius 3 is 2.54 bits per heavy atom. The van der Waals surface area contributed by atoms with Gasteiger partial charge >= 0.3 is 0 Å². The van der Waals surface area contributed by atoms with Crippen molar-refractivity contribution in [1.29, 1.82) is 0 Å². The highest BCUT2D eigenvalue weighted by molar-refractivity contribution is 5.95. The SMILES string of the molecule is CN1CCN(c2ccc(Nc3nc(Nc4cccc(NC(=O)C5CC5)c4)c4cc[nH]c4n3)cc2F)CC1. The summed E-state index contributed by atoms with van der Waals surface area (Å²) in [4.78, 5) is 28.8. The number of nitrogens with zero attached hydrogens (tertiary/aromatic N) is 4. The van der Waals surface area contributed by atoms with Crippen LogP contribution in [-0.2, 0) is 4.79 Å². The van der Waals surface area contributed by atoms with Crippen LogP contribution in [0.1, 0.15) is 12.8 Å². The average Bonchev–Trinajstić information content (AvgIpc) is 3.63. The van der Waals surface area contributed by atoms with Crippen LogP contribution in [0, 0.1) is 11.7 Å². The Kier molecular flexibility index (Phi) is 6.09. The van der Waals surface area contributed by atoms with Crippen LogP contribution in [0.15, 0.2) is 54.7 Å². The van der Waals surface area contributed by atoms with Gasteiger partial charge in [0.05, 0.1) is 11.1 Å². The van der Waals surface area contributed by atoms with Crippen molar-refractivity contribution >= 4 is 51.5 Å². The Labute approximate surface area is 214 Å². The van der Waals surface area contributed by atoms with E-state index in [1.807, 2.05) is 36.4 Å². The van der Waals surface area contributed by atoms with Gasteiger partial charge in [0.25, 0.3) is 0 Å². The quantitative estimate of drug-likeness (QED) is 0.292. The second-order valence-corrected chi connectivity index (χ2v) is 9.69. The summed E-state index contributed by atoms with van der Waals surface area (Å²) in [6, 6.07) is 14.6. The second-order valence-electron chi connectivity index (χ2n) is 9.69. The first-order valence-electron chi connectivity index (χ1n) is 12.5. The topological polar surface area (TPSA) is 101 Å². The van der Waals surface area contributed by atoms with Gasteiger partial charge in [-0.05, 0) is 62.4 Å². The summed E-state index contributed by atoms with van der Waals surface area (Å²) < 4.78 is 15.0. The van der Waals surface area contributed by atoms with Crippen molar-refractivity contribution in [1.82, 2.24) is 19.9 Å². The molecule has 4 N–H and O–H groups in total. The molecule has 190 valence electrons. The Bertz CT molecular complexity index is 1440. The smallest absolute Gasteiger partial charge is 0.231 e. The molecule has 37 heavy (non-hydrogen) atoms. The van der Waals surface area contributed by atoms with Crippen LogP contribution in [-0.4, -0.2) is 59.0 Å². The first kappa shape index (κ1) is 23.2. The van der Waals surface area contributed by atoms with E-state index < -0.39 is 0 Å². The Balaban J connectivity index is 1.21. The number of likely N-dealkylation sites (N-methyl/N-ethyl adjacent to an activating group) is 1. The molecular formula is C27H29FN8O. The van der Waals surface area contributed by atoms with E-state index in [2.05, 4.69) is 47.7 Å². The molecule has 0 bridgehead atoms. The summed E-state index contributed by atoms with van der Waals surface area (Å²) in [6.07, 6.45) is 3.70. The van der Waals surface area contributed by atoms with Gasteiger partial charge in [0.1, 0.15) is 17.3 Å². The van der Waals surface area contributed by atoms with Gasteiger partial charge in [0.15, 0.2) is 0 Å². The molecule has 0 atom stereocenters. The van der Waals surface area contributed by atoms with E-state index in [9.17, 15) is 4.79 Å². The molecule has 2 fully saturated rings. The molecule has 1 aliphatic heterocycles. The van der Waals surface area contributed by atoms with Crippen molar-refractivity contribution in [3.63, 3.8) is 0 Å². The van der Waals surface area contributed by atoms with Crippen LogP contribution < -0.4 is 20.9 Å². The number of hydrogen-bond donors (Lipinski definition) is 4. The molecular weight excluding hydrogens is 471 g/mol. The van der Waals surface area contributed by atoms with Crippen LogP contribution in [0.25, 0.3) is 11.0 Å². The monoisotopic (exact) mass is 500 g/mol.